The van der Waals surface area contributed by atoms with Crippen LogP contribution >= 0.6 is 23.2 Å². The monoisotopic (exact) mass is 1140 g/mol. The molecule has 13 N–H and O–H groups in total. The van der Waals surface area contributed by atoms with E-state index in [2.05, 4.69) is 36.1 Å². The van der Waals surface area contributed by atoms with Crippen molar-refractivity contribution in [1.82, 2.24) is 9.55 Å². The van der Waals surface area contributed by atoms with Gasteiger partial charge in [-0.1, -0.05) is 35.9 Å². The predicted molar refractivity (Wildman–Crippen MR) is 297 cm³/mol. The van der Waals surface area contributed by atoms with Crippen LogP contribution in [-0.2, 0) is 46.0 Å². The number of imidazole rings is 1. The number of nitrogens with two attached hydrogens (primary N) is 3. The highest BCUT2D eigenvalue weighted by Crippen LogP contribution is 2.39. The second kappa shape index (κ2) is 33.1. The third-order valence-electron chi connectivity index (χ3n) is 11.4. The number of anilines is 3. The van der Waals surface area contributed by atoms with Gasteiger partial charge in [-0.3, -0.25) is 25.0 Å². The first kappa shape index (κ1) is 67.8. The number of aromatic nitrogens is 2. The summed E-state index contributed by atoms with van der Waals surface area (Å²) in [6.45, 7) is 0. The van der Waals surface area contributed by atoms with Crippen LogP contribution in [0.15, 0.2) is 97.1 Å². The number of aliphatic carboxylic acids is 2. The third-order valence-corrected chi connectivity index (χ3v) is 12.1. The van der Waals surface area contributed by atoms with Gasteiger partial charge in [-0.2, -0.15) is 0 Å². The Morgan fingerprint density at radius 1 is 0.718 bits per heavy atom. The number of esters is 2. The SMILES string of the molecule is CN.CNc1ccc(/C=C/C(=O)O)cc1[N+](=O)[O-].CNc1ccc(/C=C/C(=O)OC)cc1N.COC(=O)/C=C/c1ccc2c(c1)nc(C1(N)CCC1)n2C.O=C(O)/C=C/c1ccc(Cl)c([N+](=O)[O-])c1.[Cl-].[NH3+]C1(C(=O)Cl)CCC1. The van der Waals surface area contributed by atoms with E-state index in [-0.39, 0.29) is 51.5 Å². The minimum Gasteiger partial charge on any atom is -1.00 e. The molecule has 0 saturated heterocycles. The van der Waals surface area contributed by atoms with Crippen molar-refractivity contribution in [2.24, 2.45) is 18.5 Å². The van der Waals surface area contributed by atoms with Crippen molar-refractivity contribution >= 4 is 116 Å². The van der Waals surface area contributed by atoms with E-state index in [0.717, 1.165) is 84.3 Å². The summed E-state index contributed by atoms with van der Waals surface area (Å²) in [6, 6.07) is 19.9. The summed E-state index contributed by atoms with van der Waals surface area (Å²) >= 11 is 10.8. The van der Waals surface area contributed by atoms with Crippen molar-refractivity contribution in [2.75, 3.05) is 51.7 Å². The molecule has 2 aliphatic rings. The number of carbonyl (C=O) groups excluding carboxylic acids is 3. The quantitative estimate of drug-likeness (QED) is 0.0193. The molecular formula is C52H63Cl3N10O13. The molecule has 5 aromatic rings. The lowest BCUT2D eigenvalue weighted by Gasteiger charge is -2.37. The maximum Gasteiger partial charge on any atom is 0.330 e. The van der Waals surface area contributed by atoms with Gasteiger partial charge in [0.05, 0.1) is 52.0 Å². The van der Waals surface area contributed by atoms with Crippen LogP contribution in [0.2, 0.25) is 5.02 Å². The molecule has 2 fully saturated rings. The number of nitro benzene ring substituents is 2. The molecule has 2 aliphatic carbocycles. The molecule has 0 bridgehead atoms. The number of nitrogens with one attached hydrogen (secondary N) is 2. The van der Waals surface area contributed by atoms with Gasteiger partial charge in [-0.05, 0) is 127 Å². The molecule has 7 rings (SSSR count). The van der Waals surface area contributed by atoms with Crippen molar-refractivity contribution in [3.05, 3.63) is 150 Å². The van der Waals surface area contributed by atoms with Crippen molar-refractivity contribution in [3.8, 4) is 0 Å². The molecule has 26 heteroatoms. The van der Waals surface area contributed by atoms with E-state index in [1.165, 1.54) is 75.9 Å². The maximum atomic E-state index is 11.1. The van der Waals surface area contributed by atoms with E-state index in [1.807, 2.05) is 37.4 Å². The van der Waals surface area contributed by atoms with Gasteiger partial charge in [0.15, 0.2) is 5.54 Å². The van der Waals surface area contributed by atoms with Crippen LogP contribution in [0.3, 0.4) is 0 Å². The fourth-order valence-corrected chi connectivity index (χ4v) is 7.22. The van der Waals surface area contributed by atoms with Gasteiger partial charge < -0.3 is 70.2 Å². The molecule has 0 unspecified atom stereocenters. The molecule has 2 saturated carbocycles. The molecule has 0 amide bonds. The predicted octanol–water partition coefficient (Wildman–Crippen LogP) is 4.17. The molecular weight excluding hydrogens is 1080 g/mol. The van der Waals surface area contributed by atoms with Gasteiger partial charge in [-0.15, -0.1) is 0 Å². The highest BCUT2D eigenvalue weighted by molar-refractivity contribution is 6.65. The summed E-state index contributed by atoms with van der Waals surface area (Å²) in [6.07, 6.45) is 16.5. The number of fused-ring (bicyclic) bond motifs is 1. The van der Waals surface area contributed by atoms with Crippen molar-refractivity contribution in [2.45, 2.75) is 49.6 Å². The zero-order chi connectivity index (χ0) is 58.0. The fraction of sp³-hybridized carbons (Fsp3) is 0.269. The number of methoxy groups -OCH3 is 2. The third kappa shape index (κ3) is 21.1. The smallest absolute Gasteiger partial charge is 0.330 e. The number of quaternary nitrogens is 1. The van der Waals surface area contributed by atoms with Crippen molar-refractivity contribution in [3.63, 3.8) is 0 Å². The van der Waals surface area contributed by atoms with Gasteiger partial charge in [0, 0.05) is 70.4 Å². The summed E-state index contributed by atoms with van der Waals surface area (Å²) in [5.41, 5.74) is 25.8. The number of nitrogens with zero attached hydrogens (tertiary/aromatic N) is 4. The Labute approximate surface area is 465 Å². The van der Waals surface area contributed by atoms with E-state index >= 15 is 0 Å². The van der Waals surface area contributed by atoms with Gasteiger partial charge in [0.2, 0.25) is 0 Å². The molecule has 420 valence electrons. The lowest BCUT2D eigenvalue weighted by Crippen LogP contribution is -3.00. The average molecular weight is 1140 g/mol. The topological polar surface area (TPSA) is 378 Å². The molecule has 4 aromatic carbocycles. The molecule has 1 aromatic heterocycles. The first-order valence-electron chi connectivity index (χ1n) is 23.1. The zero-order valence-electron chi connectivity index (χ0n) is 43.5. The number of rotatable bonds is 14. The van der Waals surface area contributed by atoms with Crippen LogP contribution in [0, 0.1) is 20.2 Å². The number of halogens is 3. The van der Waals surface area contributed by atoms with Crippen LogP contribution in [-0.4, -0.2) is 99.6 Å². The van der Waals surface area contributed by atoms with E-state index in [9.17, 15) is 44.2 Å². The first-order chi connectivity index (χ1) is 36.4. The molecule has 0 spiro atoms. The zero-order valence-corrected chi connectivity index (χ0v) is 45.8. The number of carboxylic acid groups (broad SMARTS) is 2. The number of carbonyl (C=O) groups is 5. The summed E-state index contributed by atoms with van der Waals surface area (Å²) in [4.78, 5) is 77.7. The number of aryl methyl sites for hydroxylation is 1. The second-order valence-electron chi connectivity index (χ2n) is 16.6. The summed E-state index contributed by atoms with van der Waals surface area (Å²) < 4.78 is 11.1. The molecule has 0 aliphatic heterocycles. The Kier molecular flexibility index (Phi) is 28.8. The Bertz CT molecular complexity index is 3030. The Morgan fingerprint density at radius 2 is 1.14 bits per heavy atom. The number of carboxylic acids is 2. The van der Waals surface area contributed by atoms with Crippen molar-refractivity contribution < 1.29 is 71.6 Å². The van der Waals surface area contributed by atoms with Crippen LogP contribution in [0.25, 0.3) is 35.3 Å². The second-order valence-corrected chi connectivity index (χ2v) is 17.3. The Morgan fingerprint density at radius 3 is 1.53 bits per heavy atom. The molecule has 0 radical (unpaired) electrons. The Hall–Kier alpha value is -8.19. The van der Waals surface area contributed by atoms with Gasteiger partial charge in [-0.25, -0.2) is 24.2 Å². The lowest BCUT2D eigenvalue weighted by molar-refractivity contribution is -0.475. The maximum absolute atomic E-state index is 11.1. The van der Waals surface area contributed by atoms with Gasteiger partial charge >= 0.3 is 23.9 Å². The minimum absolute atomic E-state index is 0. The van der Waals surface area contributed by atoms with Gasteiger partial charge in [0.1, 0.15) is 16.5 Å². The lowest BCUT2D eigenvalue weighted by atomic mass is 9.77. The number of ether oxygens (including phenoxy) is 2. The number of hydrogen-bond donors (Lipinski definition) is 8. The number of hydrogen-bond acceptors (Lipinski definition) is 17. The normalized spacial score (nSPS) is 13.3. The van der Waals surface area contributed by atoms with Crippen LogP contribution in [0.4, 0.5) is 28.4 Å². The highest BCUT2D eigenvalue weighted by Gasteiger charge is 2.43. The average Bonchev–Trinajstić information content (AvgIpc) is 3.73. The summed E-state index contributed by atoms with van der Waals surface area (Å²) in [5, 5.41) is 43.4. The molecule has 1 heterocycles. The number of nitro groups is 2. The number of nitrogen functional groups attached to an aromatic ring is 1. The van der Waals surface area contributed by atoms with E-state index in [1.54, 1.807) is 38.4 Å². The minimum atomic E-state index is -1.12. The van der Waals surface area contributed by atoms with Crippen LogP contribution < -0.4 is 46.0 Å². The van der Waals surface area contributed by atoms with E-state index in [0.29, 0.717) is 22.5 Å². The highest BCUT2D eigenvalue weighted by atomic mass is 35.5. The van der Waals surface area contributed by atoms with Crippen LogP contribution in [0.1, 0.15) is 66.6 Å². The number of benzene rings is 4. The molecule has 78 heavy (non-hydrogen) atoms. The van der Waals surface area contributed by atoms with E-state index < -0.39 is 27.3 Å². The standard InChI is InChI=1S/C16H19N3O2.C11H14N2O2.C10H10N2O4.C9H6ClNO4.C5H8ClNO.CH5N.ClH/c1-19-13-6-4-11(5-7-14(20)21-2)10-12(13)18-15(19)16(17)8-3-9-16;1-13-10-5-3-8(7-9(10)12)4-6-11(14)15-2;1-11-8-4-2-7(3-5-10(13)14)6-9(8)12(15)16;10-7-3-1-6(2-4-9(12)13)5-8(7)11(14)15;6-4(8)5(7)2-1-3-5;1-2;/h4-7,10H,3,8-9,17H2,1-2H3;3-7,13H,12H2,1-2H3;2-6,11H,1H3,(H,13,14);1-5H,(H,12,13);1-3,7H2;2H2,1H3;1H/b7-5+;6-4+;5-3+;4-2+;;;. The van der Waals surface area contributed by atoms with Crippen molar-refractivity contribution in [1.29, 1.82) is 0 Å². The largest absolute Gasteiger partial charge is 1.00 e. The summed E-state index contributed by atoms with van der Waals surface area (Å²) in [5.74, 6) is -2.02. The Balaban J connectivity index is 0.000000493. The van der Waals surface area contributed by atoms with Crippen LogP contribution in [0.5, 0.6) is 0 Å². The fourth-order valence-electron chi connectivity index (χ4n) is 6.85. The van der Waals surface area contributed by atoms with E-state index in [4.69, 9.17) is 49.9 Å². The summed E-state index contributed by atoms with van der Waals surface area (Å²) in [7, 11) is 9.58. The molecule has 23 nitrogen and oxygen atoms in total. The van der Waals surface area contributed by atoms with Gasteiger partial charge in [0.25, 0.3) is 16.6 Å². The molecule has 0 atom stereocenters. The first-order valence-corrected chi connectivity index (χ1v) is 23.9.